The zero-order valence-electron chi connectivity index (χ0n) is 12.1. The third kappa shape index (κ3) is 11.7. The quantitative estimate of drug-likeness (QED) is 0.495. The average Bonchev–Trinajstić information content (AvgIpc) is 2.35. The van der Waals surface area contributed by atoms with E-state index in [9.17, 15) is 9.59 Å². The smallest absolute Gasteiger partial charge is 0.306 e. The molecule has 112 valence electrons. The Balaban J connectivity index is 3.23. The number of carboxylic acid groups (broad SMARTS) is 2. The summed E-state index contributed by atoms with van der Waals surface area (Å²) in [7, 11) is 0. The summed E-state index contributed by atoms with van der Waals surface area (Å²) in [6.07, 6.45) is 10.3. The average molecular weight is 272 g/mol. The third-order valence-corrected chi connectivity index (χ3v) is 3.54. The number of carboxylic acids is 2. The number of hydrogen-bond acceptors (Lipinski definition) is 2. The molecule has 4 nitrogen and oxygen atoms in total. The summed E-state index contributed by atoms with van der Waals surface area (Å²) < 4.78 is 0. The second-order valence-electron chi connectivity index (χ2n) is 5.20. The number of hydrogen-bond donors (Lipinski definition) is 2. The van der Waals surface area contributed by atoms with Crippen molar-refractivity contribution in [3.8, 4) is 0 Å². The van der Waals surface area contributed by atoms with Gasteiger partial charge >= 0.3 is 11.9 Å². The third-order valence-electron chi connectivity index (χ3n) is 3.54. The standard InChI is InChI=1S/C15H28O4/c1-2-13(15(18)19)11-9-7-5-3-4-6-8-10-12-14(16)17/h13H,2-12H2,1H3,(H,16,17)(H,18,19)/t13-/m0/s1. The molecule has 19 heavy (non-hydrogen) atoms. The topological polar surface area (TPSA) is 74.6 Å². The van der Waals surface area contributed by atoms with Crippen molar-refractivity contribution in [2.24, 2.45) is 5.92 Å². The van der Waals surface area contributed by atoms with E-state index in [1.807, 2.05) is 6.92 Å². The van der Waals surface area contributed by atoms with Gasteiger partial charge in [0, 0.05) is 6.42 Å². The Morgan fingerprint density at radius 1 is 0.842 bits per heavy atom. The van der Waals surface area contributed by atoms with Crippen LogP contribution >= 0.6 is 0 Å². The van der Waals surface area contributed by atoms with E-state index in [1.54, 1.807) is 0 Å². The molecule has 0 fully saturated rings. The molecule has 0 spiro atoms. The van der Waals surface area contributed by atoms with Crippen molar-refractivity contribution in [2.45, 2.75) is 77.6 Å². The summed E-state index contributed by atoms with van der Waals surface area (Å²) in [5.74, 6) is -1.54. The van der Waals surface area contributed by atoms with Crippen LogP contribution in [0.15, 0.2) is 0 Å². The van der Waals surface area contributed by atoms with Crippen molar-refractivity contribution in [1.29, 1.82) is 0 Å². The largest absolute Gasteiger partial charge is 0.481 e. The van der Waals surface area contributed by atoms with Crippen LogP contribution in [0.1, 0.15) is 77.6 Å². The molecule has 0 aromatic heterocycles. The lowest BCUT2D eigenvalue weighted by atomic mass is 9.98. The Labute approximate surface area is 116 Å². The van der Waals surface area contributed by atoms with E-state index in [4.69, 9.17) is 10.2 Å². The molecule has 0 aromatic carbocycles. The Bertz CT molecular complexity index is 251. The first kappa shape index (κ1) is 17.9. The van der Waals surface area contributed by atoms with Crippen LogP contribution in [0.5, 0.6) is 0 Å². The first-order valence-corrected chi connectivity index (χ1v) is 7.52. The van der Waals surface area contributed by atoms with Crippen LogP contribution in [0, 0.1) is 5.92 Å². The maximum absolute atomic E-state index is 10.8. The summed E-state index contributed by atoms with van der Waals surface area (Å²) in [5, 5.41) is 17.4. The fraction of sp³-hybridized carbons (Fsp3) is 0.867. The second kappa shape index (κ2) is 12.0. The van der Waals surface area contributed by atoms with Crippen molar-refractivity contribution in [3.63, 3.8) is 0 Å². The fourth-order valence-electron chi connectivity index (χ4n) is 2.23. The zero-order chi connectivity index (χ0) is 14.5. The zero-order valence-corrected chi connectivity index (χ0v) is 12.1. The molecule has 0 unspecified atom stereocenters. The highest BCUT2D eigenvalue weighted by molar-refractivity contribution is 5.69. The Hall–Kier alpha value is -1.06. The normalized spacial score (nSPS) is 12.3. The highest BCUT2D eigenvalue weighted by Crippen LogP contribution is 2.15. The van der Waals surface area contributed by atoms with E-state index in [2.05, 4.69) is 0 Å². The minimum atomic E-state index is -0.705. The number of rotatable bonds is 13. The van der Waals surface area contributed by atoms with Crippen LogP contribution in [0.4, 0.5) is 0 Å². The van der Waals surface area contributed by atoms with Crippen LogP contribution in [0.3, 0.4) is 0 Å². The van der Waals surface area contributed by atoms with Crippen LogP contribution in [-0.2, 0) is 9.59 Å². The van der Waals surface area contributed by atoms with Gasteiger partial charge in [-0.25, -0.2) is 0 Å². The fourth-order valence-corrected chi connectivity index (χ4v) is 2.23. The molecule has 0 heterocycles. The van der Waals surface area contributed by atoms with Gasteiger partial charge in [0.15, 0.2) is 0 Å². The van der Waals surface area contributed by atoms with Gasteiger partial charge in [0.25, 0.3) is 0 Å². The van der Waals surface area contributed by atoms with Crippen LogP contribution < -0.4 is 0 Å². The second-order valence-corrected chi connectivity index (χ2v) is 5.20. The Morgan fingerprint density at radius 2 is 1.32 bits per heavy atom. The predicted molar refractivity (Wildman–Crippen MR) is 75.2 cm³/mol. The molecule has 0 aromatic rings. The highest BCUT2D eigenvalue weighted by atomic mass is 16.4. The molecule has 2 N–H and O–H groups in total. The van der Waals surface area contributed by atoms with Crippen molar-refractivity contribution in [2.75, 3.05) is 0 Å². The molecule has 0 radical (unpaired) electrons. The maximum Gasteiger partial charge on any atom is 0.306 e. The molecule has 0 bridgehead atoms. The molecule has 0 aliphatic rings. The van der Waals surface area contributed by atoms with Gasteiger partial charge in [-0.05, 0) is 19.3 Å². The Kier molecular flexibility index (Phi) is 11.3. The summed E-state index contributed by atoms with van der Waals surface area (Å²) in [6.45, 7) is 1.93. The van der Waals surface area contributed by atoms with Gasteiger partial charge in [0.1, 0.15) is 0 Å². The summed E-state index contributed by atoms with van der Waals surface area (Å²) in [6, 6.07) is 0. The number of carbonyl (C=O) groups is 2. The van der Waals surface area contributed by atoms with Crippen LogP contribution in [-0.4, -0.2) is 22.2 Å². The molecule has 0 aliphatic carbocycles. The number of aliphatic carboxylic acids is 2. The predicted octanol–water partition coefficient (Wildman–Crippen LogP) is 4.08. The monoisotopic (exact) mass is 272 g/mol. The Morgan fingerprint density at radius 3 is 1.74 bits per heavy atom. The van der Waals surface area contributed by atoms with Gasteiger partial charge in [0.2, 0.25) is 0 Å². The lowest BCUT2D eigenvalue weighted by Gasteiger charge is -2.08. The van der Waals surface area contributed by atoms with E-state index in [0.29, 0.717) is 0 Å². The van der Waals surface area contributed by atoms with Gasteiger partial charge in [-0.15, -0.1) is 0 Å². The summed E-state index contributed by atoms with van der Waals surface area (Å²) >= 11 is 0. The van der Waals surface area contributed by atoms with Crippen LogP contribution in [0.25, 0.3) is 0 Å². The van der Waals surface area contributed by atoms with E-state index >= 15 is 0 Å². The van der Waals surface area contributed by atoms with Crippen LogP contribution in [0.2, 0.25) is 0 Å². The van der Waals surface area contributed by atoms with E-state index < -0.39 is 11.9 Å². The minimum absolute atomic E-state index is 0.170. The molecule has 0 saturated carbocycles. The lowest BCUT2D eigenvalue weighted by molar-refractivity contribution is -0.142. The molecule has 4 heteroatoms. The van der Waals surface area contributed by atoms with Gasteiger partial charge in [-0.2, -0.15) is 0 Å². The maximum atomic E-state index is 10.8. The van der Waals surface area contributed by atoms with Gasteiger partial charge in [-0.1, -0.05) is 51.9 Å². The van der Waals surface area contributed by atoms with E-state index in [0.717, 1.165) is 57.8 Å². The highest BCUT2D eigenvalue weighted by Gasteiger charge is 2.13. The van der Waals surface area contributed by atoms with Gasteiger partial charge < -0.3 is 10.2 Å². The van der Waals surface area contributed by atoms with Crippen molar-refractivity contribution in [1.82, 2.24) is 0 Å². The molecule has 1 atom stereocenters. The van der Waals surface area contributed by atoms with Crippen molar-refractivity contribution < 1.29 is 19.8 Å². The number of unbranched alkanes of at least 4 members (excludes halogenated alkanes) is 7. The minimum Gasteiger partial charge on any atom is -0.481 e. The molecular formula is C15H28O4. The molecule has 0 rings (SSSR count). The van der Waals surface area contributed by atoms with E-state index in [1.165, 1.54) is 6.42 Å². The first-order valence-electron chi connectivity index (χ1n) is 7.52. The van der Waals surface area contributed by atoms with Gasteiger partial charge in [-0.3, -0.25) is 9.59 Å². The molecular weight excluding hydrogens is 244 g/mol. The van der Waals surface area contributed by atoms with Crippen molar-refractivity contribution in [3.05, 3.63) is 0 Å². The summed E-state index contributed by atoms with van der Waals surface area (Å²) in [4.78, 5) is 21.1. The molecule has 0 amide bonds. The SMILES string of the molecule is CC[C@@H](CCCCCCCCCCC(=O)O)C(=O)O. The van der Waals surface area contributed by atoms with Gasteiger partial charge in [0.05, 0.1) is 5.92 Å². The summed E-state index contributed by atoms with van der Waals surface area (Å²) in [5.41, 5.74) is 0. The lowest BCUT2D eigenvalue weighted by Crippen LogP contribution is -2.12. The first-order chi connectivity index (χ1) is 9.07. The molecule has 0 aliphatic heterocycles. The van der Waals surface area contributed by atoms with E-state index in [-0.39, 0.29) is 12.3 Å². The molecule has 0 saturated heterocycles. The van der Waals surface area contributed by atoms with Crippen molar-refractivity contribution >= 4 is 11.9 Å².